The second kappa shape index (κ2) is 6.46. The second-order valence-corrected chi connectivity index (χ2v) is 4.89. The number of nitrogens with zero attached hydrogens (tertiary/aromatic N) is 2. The Morgan fingerprint density at radius 1 is 0.800 bits per heavy atom. The lowest BCUT2D eigenvalue weighted by Crippen LogP contribution is -2.34. The molecular formula is C12H25N3. The van der Waals surface area contributed by atoms with Gasteiger partial charge in [0.1, 0.15) is 0 Å². The summed E-state index contributed by atoms with van der Waals surface area (Å²) in [5.74, 6) is 0. The third kappa shape index (κ3) is 4.09. The van der Waals surface area contributed by atoms with Gasteiger partial charge in [0.15, 0.2) is 0 Å². The Bertz CT molecular complexity index is 158. The monoisotopic (exact) mass is 211 g/mol. The zero-order valence-corrected chi connectivity index (χ0v) is 9.88. The number of nitrogens with one attached hydrogen (secondary N) is 1. The maximum atomic E-state index is 3.49. The minimum Gasteiger partial charge on any atom is -0.304 e. The van der Waals surface area contributed by atoms with Crippen LogP contribution in [0.2, 0.25) is 0 Å². The van der Waals surface area contributed by atoms with Crippen LogP contribution in [-0.2, 0) is 0 Å². The first-order valence-corrected chi connectivity index (χ1v) is 6.60. The van der Waals surface area contributed by atoms with E-state index in [4.69, 9.17) is 0 Å². The molecule has 2 aliphatic heterocycles. The first kappa shape index (κ1) is 11.4. The van der Waals surface area contributed by atoms with Crippen LogP contribution in [0.5, 0.6) is 0 Å². The molecule has 15 heavy (non-hydrogen) atoms. The van der Waals surface area contributed by atoms with Gasteiger partial charge < -0.3 is 10.2 Å². The molecule has 0 saturated carbocycles. The first-order valence-electron chi connectivity index (χ1n) is 6.60. The van der Waals surface area contributed by atoms with Crippen LogP contribution in [-0.4, -0.2) is 55.7 Å². The summed E-state index contributed by atoms with van der Waals surface area (Å²) in [5.41, 5.74) is 0. The molecule has 2 rings (SSSR count). The maximum absolute atomic E-state index is 3.49. The van der Waals surface area contributed by atoms with E-state index >= 15 is 0 Å². The molecule has 0 spiro atoms. The topological polar surface area (TPSA) is 18.5 Å². The molecule has 2 fully saturated rings. The van der Waals surface area contributed by atoms with E-state index in [0.29, 0.717) is 0 Å². The zero-order chi connectivity index (χ0) is 10.3. The largest absolute Gasteiger partial charge is 0.304 e. The summed E-state index contributed by atoms with van der Waals surface area (Å²) in [6.07, 6.45) is 6.91. The molecule has 0 aliphatic carbocycles. The predicted molar refractivity (Wildman–Crippen MR) is 64.0 cm³/mol. The molecule has 0 amide bonds. The highest BCUT2D eigenvalue weighted by Crippen LogP contribution is 2.08. The Kier molecular flexibility index (Phi) is 4.90. The van der Waals surface area contributed by atoms with Gasteiger partial charge in [-0.15, -0.1) is 0 Å². The minimum absolute atomic E-state index is 1.11. The Balaban J connectivity index is 1.55. The number of hydrogen-bond donors (Lipinski definition) is 1. The molecule has 2 aliphatic rings. The molecule has 2 saturated heterocycles. The molecule has 3 heteroatoms. The quantitative estimate of drug-likeness (QED) is 0.751. The highest BCUT2D eigenvalue weighted by molar-refractivity contribution is 4.68. The summed E-state index contributed by atoms with van der Waals surface area (Å²) < 4.78 is 0. The third-order valence-corrected chi connectivity index (χ3v) is 3.56. The Morgan fingerprint density at radius 2 is 1.47 bits per heavy atom. The van der Waals surface area contributed by atoms with E-state index in [0.717, 1.165) is 6.67 Å². The fourth-order valence-electron chi connectivity index (χ4n) is 2.62. The van der Waals surface area contributed by atoms with Crippen LogP contribution in [0, 0.1) is 0 Å². The molecule has 0 atom stereocenters. The van der Waals surface area contributed by atoms with E-state index in [9.17, 15) is 0 Å². The molecule has 0 aromatic carbocycles. The maximum Gasteiger partial charge on any atom is 0.0480 e. The standard InChI is InChI=1S/C12H25N3/c1-2-9-15(12-13-6-1)11-5-10-14-7-3-4-8-14/h13H,1-12H2. The van der Waals surface area contributed by atoms with Gasteiger partial charge in [-0.3, -0.25) is 4.90 Å². The summed E-state index contributed by atoms with van der Waals surface area (Å²) >= 11 is 0. The van der Waals surface area contributed by atoms with Crippen molar-refractivity contribution in [2.24, 2.45) is 0 Å². The molecule has 0 radical (unpaired) electrons. The fraction of sp³-hybridized carbons (Fsp3) is 1.00. The minimum atomic E-state index is 1.11. The van der Waals surface area contributed by atoms with Gasteiger partial charge in [-0.05, 0) is 64.8 Å². The highest BCUT2D eigenvalue weighted by atomic mass is 15.2. The Hall–Kier alpha value is -0.120. The number of likely N-dealkylation sites (tertiary alicyclic amines) is 1. The molecule has 0 aromatic heterocycles. The van der Waals surface area contributed by atoms with E-state index < -0.39 is 0 Å². The lowest BCUT2D eigenvalue weighted by Gasteiger charge is -2.21. The molecular weight excluding hydrogens is 186 g/mol. The SMILES string of the molecule is C1CCN(CCCN2CCCC2)CNC1. The predicted octanol–water partition coefficient (Wildman–Crippen LogP) is 1.12. The number of hydrogen-bond acceptors (Lipinski definition) is 3. The van der Waals surface area contributed by atoms with Crippen LogP contribution in [0.15, 0.2) is 0 Å². The fourth-order valence-corrected chi connectivity index (χ4v) is 2.62. The van der Waals surface area contributed by atoms with Crippen LogP contribution in [0.4, 0.5) is 0 Å². The average Bonchev–Trinajstić information content (AvgIpc) is 2.62. The van der Waals surface area contributed by atoms with E-state index in [1.807, 2.05) is 0 Å². The van der Waals surface area contributed by atoms with Crippen molar-refractivity contribution in [3.05, 3.63) is 0 Å². The third-order valence-electron chi connectivity index (χ3n) is 3.56. The average molecular weight is 211 g/mol. The van der Waals surface area contributed by atoms with Crippen molar-refractivity contribution in [2.45, 2.75) is 32.1 Å². The highest BCUT2D eigenvalue weighted by Gasteiger charge is 2.12. The lowest BCUT2D eigenvalue weighted by molar-refractivity contribution is 0.243. The van der Waals surface area contributed by atoms with E-state index in [1.54, 1.807) is 0 Å². The molecule has 88 valence electrons. The summed E-state index contributed by atoms with van der Waals surface area (Å²) in [6.45, 7) is 8.91. The molecule has 2 heterocycles. The van der Waals surface area contributed by atoms with Gasteiger partial charge in [-0.25, -0.2) is 0 Å². The van der Waals surface area contributed by atoms with E-state index in [-0.39, 0.29) is 0 Å². The van der Waals surface area contributed by atoms with Crippen molar-refractivity contribution in [1.82, 2.24) is 15.1 Å². The van der Waals surface area contributed by atoms with Gasteiger partial charge in [0, 0.05) is 13.2 Å². The van der Waals surface area contributed by atoms with Gasteiger partial charge in [-0.1, -0.05) is 0 Å². The summed E-state index contributed by atoms with van der Waals surface area (Å²) in [5, 5.41) is 3.49. The molecule has 0 unspecified atom stereocenters. The summed E-state index contributed by atoms with van der Waals surface area (Å²) in [6, 6.07) is 0. The van der Waals surface area contributed by atoms with Crippen LogP contribution < -0.4 is 5.32 Å². The Labute approximate surface area is 93.8 Å². The van der Waals surface area contributed by atoms with Gasteiger partial charge in [0.05, 0.1) is 0 Å². The summed E-state index contributed by atoms with van der Waals surface area (Å²) in [4.78, 5) is 5.19. The summed E-state index contributed by atoms with van der Waals surface area (Å²) in [7, 11) is 0. The first-order chi connectivity index (χ1) is 7.45. The molecule has 3 nitrogen and oxygen atoms in total. The molecule has 1 N–H and O–H groups in total. The van der Waals surface area contributed by atoms with Crippen molar-refractivity contribution in [3.63, 3.8) is 0 Å². The Morgan fingerprint density at radius 3 is 2.33 bits per heavy atom. The van der Waals surface area contributed by atoms with E-state index in [2.05, 4.69) is 15.1 Å². The van der Waals surface area contributed by atoms with Crippen molar-refractivity contribution in [1.29, 1.82) is 0 Å². The van der Waals surface area contributed by atoms with E-state index in [1.165, 1.54) is 71.4 Å². The number of rotatable bonds is 4. The lowest BCUT2D eigenvalue weighted by atomic mass is 10.3. The van der Waals surface area contributed by atoms with Gasteiger partial charge in [0.2, 0.25) is 0 Å². The van der Waals surface area contributed by atoms with Crippen molar-refractivity contribution >= 4 is 0 Å². The van der Waals surface area contributed by atoms with Crippen molar-refractivity contribution in [2.75, 3.05) is 45.9 Å². The van der Waals surface area contributed by atoms with Crippen LogP contribution in [0.25, 0.3) is 0 Å². The van der Waals surface area contributed by atoms with Crippen LogP contribution in [0.1, 0.15) is 32.1 Å². The second-order valence-electron chi connectivity index (χ2n) is 4.89. The van der Waals surface area contributed by atoms with Gasteiger partial charge >= 0.3 is 0 Å². The smallest absolute Gasteiger partial charge is 0.0480 e. The van der Waals surface area contributed by atoms with Crippen LogP contribution >= 0.6 is 0 Å². The molecule has 0 aromatic rings. The van der Waals surface area contributed by atoms with Gasteiger partial charge in [0.25, 0.3) is 0 Å². The van der Waals surface area contributed by atoms with Crippen molar-refractivity contribution in [3.8, 4) is 0 Å². The van der Waals surface area contributed by atoms with Gasteiger partial charge in [-0.2, -0.15) is 0 Å². The zero-order valence-electron chi connectivity index (χ0n) is 9.88. The van der Waals surface area contributed by atoms with Crippen LogP contribution in [0.3, 0.4) is 0 Å². The van der Waals surface area contributed by atoms with Crippen molar-refractivity contribution < 1.29 is 0 Å². The normalized spacial score (nSPS) is 25.6. The molecule has 0 bridgehead atoms.